The highest BCUT2D eigenvalue weighted by atomic mass is 35.5. The van der Waals surface area contributed by atoms with Crippen molar-refractivity contribution in [1.29, 1.82) is 0 Å². The van der Waals surface area contributed by atoms with E-state index in [1.54, 1.807) is 13.1 Å². The first-order valence-electron chi connectivity index (χ1n) is 3.28. The van der Waals surface area contributed by atoms with E-state index < -0.39 is 5.91 Å². The third-order valence-electron chi connectivity index (χ3n) is 1.41. The minimum absolute atomic E-state index is 0.323. The Morgan fingerprint density at radius 1 is 1.75 bits per heavy atom. The molecule has 0 saturated carbocycles. The average molecular weight is 186 g/mol. The summed E-state index contributed by atoms with van der Waals surface area (Å²) in [5.41, 5.74) is 6.00. The van der Waals surface area contributed by atoms with Gasteiger partial charge in [0.25, 0.3) is 5.91 Å². The van der Waals surface area contributed by atoms with Crippen LogP contribution in [0.25, 0.3) is 0 Å². The number of amides is 1. The summed E-state index contributed by atoms with van der Waals surface area (Å²) in [7, 11) is 1.68. The Morgan fingerprint density at radius 3 is 2.92 bits per heavy atom. The molecule has 1 aromatic rings. The number of halogens is 1. The van der Waals surface area contributed by atoms with E-state index in [1.165, 1.54) is 6.20 Å². The van der Waals surface area contributed by atoms with Crippen molar-refractivity contribution >= 4 is 23.2 Å². The zero-order chi connectivity index (χ0) is 9.14. The molecule has 0 fully saturated rings. The molecule has 12 heavy (non-hydrogen) atoms. The van der Waals surface area contributed by atoms with Gasteiger partial charge >= 0.3 is 0 Å². The van der Waals surface area contributed by atoms with Crippen LogP contribution in [0.2, 0.25) is 5.15 Å². The molecular weight excluding hydrogens is 178 g/mol. The van der Waals surface area contributed by atoms with Crippen molar-refractivity contribution in [2.45, 2.75) is 0 Å². The minimum atomic E-state index is -0.525. The average Bonchev–Trinajstić information content (AvgIpc) is 2.03. The largest absolute Gasteiger partial charge is 0.387 e. The van der Waals surface area contributed by atoms with Crippen LogP contribution in [-0.4, -0.2) is 17.9 Å². The summed E-state index contributed by atoms with van der Waals surface area (Å²) in [6.45, 7) is 0. The number of hydrogen-bond acceptors (Lipinski definition) is 3. The van der Waals surface area contributed by atoms with Gasteiger partial charge in [0.1, 0.15) is 5.15 Å². The number of nitrogens with one attached hydrogen (secondary N) is 1. The van der Waals surface area contributed by atoms with Crippen LogP contribution in [0, 0.1) is 0 Å². The van der Waals surface area contributed by atoms with Crippen LogP contribution in [-0.2, 0) is 0 Å². The Kier molecular flexibility index (Phi) is 2.50. The summed E-state index contributed by atoms with van der Waals surface area (Å²) >= 11 is 5.60. The SMILES string of the molecule is CNc1cc(Cl)ncc1C(N)=O. The van der Waals surface area contributed by atoms with Crippen molar-refractivity contribution in [3.8, 4) is 0 Å². The van der Waals surface area contributed by atoms with Gasteiger partial charge in [-0.25, -0.2) is 4.98 Å². The van der Waals surface area contributed by atoms with E-state index in [0.29, 0.717) is 16.4 Å². The van der Waals surface area contributed by atoms with Crippen molar-refractivity contribution in [1.82, 2.24) is 4.98 Å². The van der Waals surface area contributed by atoms with E-state index in [-0.39, 0.29) is 0 Å². The van der Waals surface area contributed by atoms with Gasteiger partial charge in [0.15, 0.2) is 0 Å². The number of primary amides is 1. The van der Waals surface area contributed by atoms with Gasteiger partial charge in [-0.1, -0.05) is 11.6 Å². The van der Waals surface area contributed by atoms with Crippen LogP contribution < -0.4 is 11.1 Å². The highest BCUT2D eigenvalue weighted by molar-refractivity contribution is 6.29. The number of rotatable bonds is 2. The lowest BCUT2D eigenvalue weighted by atomic mass is 10.2. The first kappa shape index (κ1) is 8.80. The van der Waals surface area contributed by atoms with Crippen LogP contribution in [0.15, 0.2) is 12.3 Å². The number of nitrogens with zero attached hydrogens (tertiary/aromatic N) is 1. The standard InChI is InChI=1S/C7H8ClN3O/c1-10-5-2-6(8)11-3-4(5)7(9)12/h2-3H,1H3,(H2,9,12)(H,10,11). The van der Waals surface area contributed by atoms with Gasteiger partial charge in [0, 0.05) is 13.2 Å². The lowest BCUT2D eigenvalue weighted by Crippen LogP contribution is -2.13. The molecule has 0 aliphatic carbocycles. The maximum atomic E-state index is 10.8. The Bertz CT molecular complexity index is 314. The molecular formula is C7H8ClN3O. The van der Waals surface area contributed by atoms with E-state index in [4.69, 9.17) is 17.3 Å². The lowest BCUT2D eigenvalue weighted by molar-refractivity contribution is 0.100. The van der Waals surface area contributed by atoms with E-state index in [0.717, 1.165) is 0 Å². The van der Waals surface area contributed by atoms with E-state index in [9.17, 15) is 4.79 Å². The molecule has 1 heterocycles. The maximum Gasteiger partial charge on any atom is 0.252 e. The molecule has 0 aromatic carbocycles. The fourth-order valence-electron chi connectivity index (χ4n) is 0.833. The van der Waals surface area contributed by atoms with Gasteiger partial charge < -0.3 is 11.1 Å². The van der Waals surface area contributed by atoms with Gasteiger partial charge in [0.2, 0.25) is 0 Å². The molecule has 0 radical (unpaired) electrons. The first-order chi connectivity index (χ1) is 5.65. The summed E-state index contributed by atoms with van der Waals surface area (Å²) in [4.78, 5) is 14.5. The Labute approximate surface area is 74.7 Å². The number of nitrogens with two attached hydrogens (primary N) is 1. The van der Waals surface area contributed by atoms with Gasteiger partial charge in [-0.3, -0.25) is 4.79 Å². The quantitative estimate of drug-likeness (QED) is 0.672. The molecule has 5 heteroatoms. The molecule has 1 rings (SSSR count). The summed E-state index contributed by atoms with van der Waals surface area (Å²) in [5, 5.41) is 3.12. The van der Waals surface area contributed by atoms with Gasteiger partial charge in [0.05, 0.1) is 11.3 Å². The fraction of sp³-hybridized carbons (Fsp3) is 0.143. The van der Waals surface area contributed by atoms with Gasteiger partial charge in [-0.2, -0.15) is 0 Å². The number of anilines is 1. The number of carbonyl (C=O) groups excluding carboxylic acids is 1. The van der Waals surface area contributed by atoms with Crippen LogP contribution in [0.5, 0.6) is 0 Å². The molecule has 0 unspecified atom stereocenters. The number of hydrogen-bond donors (Lipinski definition) is 2. The fourth-order valence-corrected chi connectivity index (χ4v) is 0.991. The topological polar surface area (TPSA) is 68.0 Å². The second-order valence-corrected chi connectivity index (χ2v) is 2.55. The monoisotopic (exact) mass is 185 g/mol. The van der Waals surface area contributed by atoms with Crippen LogP contribution in [0.1, 0.15) is 10.4 Å². The summed E-state index contributed by atoms with van der Waals surface area (Å²) in [5.74, 6) is -0.525. The highest BCUT2D eigenvalue weighted by Crippen LogP contribution is 2.16. The predicted octanol–water partition coefficient (Wildman–Crippen LogP) is 0.876. The molecule has 3 N–H and O–H groups in total. The zero-order valence-electron chi connectivity index (χ0n) is 6.47. The molecule has 1 amide bonds. The lowest BCUT2D eigenvalue weighted by Gasteiger charge is -2.04. The summed E-state index contributed by atoms with van der Waals surface area (Å²) in [6.07, 6.45) is 1.34. The van der Waals surface area contributed by atoms with Crippen LogP contribution in [0.3, 0.4) is 0 Å². The van der Waals surface area contributed by atoms with Crippen molar-refractivity contribution in [3.63, 3.8) is 0 Å². The Hall–Kier alpha value is -1.29. The normalized spacial score (nSPS) is 9.50. The molecule has 0 aliphatic rings. The summed E-state index contributed by atoms with van der Waals surface area (Å²) in [6, 6.07) is 1.54. The zero-order valence-corrected chi connectivity index (χ0v) is 7.22. The second-order valence-electron chi connectivity index (χ2n) is 2.17. The maximum absolute atomic E-state index is 10.8. The first-order valence-corrected chi connectivity index (χ1v) is 3.66. The van der Waals surface area contributed by atoms with Crippen molar-refractivity contribution < 1.29 is 4.79 Å². The summed E-state index contributed by atoms with van der Waals surface area (Å²) < 4.78 is 0. The minimum Gasteiger partial charge on any atom is -0.387 e. The number of aromatic nitrogens is 1. The van der Waals surface area contributed by atoms with Crippen molar-refractivity contribution in [3.05, 3.63) is 23.0 Å². The molecule has 1 aromatic heterocycles. The second kappa shape index (κ2) is 3.40. The number of pyridine rings is 1. The molecule has 64 valence electrons. The van der Waals surface area contributed by atoms with Crippen LogP contribution >= 0.6 is 11.6 Å². The molecule has 0 bridgehead atoms. The van der Waals surface area contributed by atoms with Crippen molar-refractivity contribution in [2.75, 3.05) is 12.4 Å². The number of carbonyl (C=O) groups is 1. The van der Waals surface area contributed by atoms with Gasteiger partial charge in [-0.15, -0.1) is 0 Å². The van der Waals surface area contributed by atoms with E-state index in [2.05, 4.69) is 10.3 Å². The third kappa shape index (κ3) is 1.65. The molecule has 0 aliphatic heterocycles. The Morgan fingerprint density at radius 2 is 2.42 bits per heavy atom. The third-order valence-corrected chi connectivity index (χ3v) is 1.61. The van der Waals surface area contributed by atoms with Crippen LogP contribution in [0.4, 0.5) is 5.69 Å². The Balaban J connectivity index is 3.20. The molecule has 0 saturated heterocycles. The highest BCUT2D eigenvalue weighted by Gasteiger charge is 2.07. The predicted molar refractivity (Wildman–Crippen MR) is 47.3 cm³/mol. The van der Waals surface area contributed by atoms with E-state index >= 15 is 0 Å². The molecule has 0 atom stereocenters. The molecule has 4 nitrogen and oxygen atoms in total. The van der Waals surface area contributed by atoms with E-state index in [1.807, 2.05) is 0 Å². The molecule has 0 spiro atoms. The smallest absolute Gasteiger partial charge is 0.252 e. The van der Waals surface area contributed by atoms with Crippen molar-refractivity contribution in [2.24, 2.45) is 5.73 Å². The van der Waals surface area contributed by atoms with Gasteiger partial charge in [-0.05, 0) is 6.07 Å².